The molecule has 1 heterocycles. The van der Waals surface area contributed by atoms with E-state index >= 15 is 0 Å². The van der Waals surface area contributed by atoms with E-state index in [4.69, 9.17) is 0 Å². The highest BCUT2D eigenvalue weighted by Gasteiger charge is 2.25. The van der Waals surface area contributed by atoms with Gasteiger partial charge in [-0.1, -0.05) is 18.2 Å². The topological polar surface area (TPSA) is 24.5 Å². The molecule has 0 amide bonds. The number of benzene rings is 1. The van der Waals surface area contributed by atoms with Crippen LogP contribution in [0.25, 0.3) is 0 Å². The lowest BCUT2D eigenvalue weighted by Gasteiger charge is -2.15. The Hall–Kier alpha value is -1.20. The van der Waals surface area contributed by atoms with Crippen molar-refractivity contribution in [2.24, 2.45) is 0 Å². The average Bonchev–Trinajstić information content (AvgIpc) is 2.67. The zero-order valence-corrected chi connectivity index (χ0v) is 11.3. The molecular formula is C14H20F2N2O. The molecule has 2 unspecified atom stereocenters. The average molecular weight is 270 g/mol. The predicted octanol–water partition coefficient (Wildman–Crippen LogP) is 2.47. The van der Waals surface area contributed by atoms with Gasteiger partial charge in [0.2, 0.25) is 0 Å². The summed E-state index contributed by atoms with van der Waals surface area (Å²) < 4.78 is 29.1. The Labute approximate surface area is 112 Å². The number of likely N-dealkylation sites (N-methyl/N-ethyl adjacent to an activating group) is 1. The largest absolute Gasteiger partial charge is 0.434 e. The zero-order chi connectivity index (χ0) is 13.8. The van der Waals surface area contributed by atoms with Gasteiger partial charge in [-0.2, -0.15) is 8.78 Å². The molecule has 0 spiro atoms. The first-order chi connectivity index (χ1) is 9.06. The second-order valence-electron chi connectivity index (χ2n) is 5.09. The van der Waals surface area contributed by atoms with Gasteiger partial charge in [0.1, 0.15) is 5.75 Å². The van der Waals surface area contributed by atoms with Crippen LogP contribution in [-0.4, -0.2) is 37.2 Å². The third kappa shape index (κ3) is 3.88. The van der Waals surface area contributed by atoms with Gasteiger partial charge >= 0.3 is 6.61 Å². The number of nitrogens with zero attached hydrogens (tertiary/aromatic N) is 1. The van der Waals surface area contributed by atoms with Crippen LogP contribution in [0.5, 0.6) is 5.75 Å². The summed E-state index contributed by atoms with van der Waals surface area (Å²) >= 11 is 0. The highest BCUT2D eigenvalue weighted by Crippen LogP contribution is 2.21. The Morgan fingerprint density at radius 2 is 2.16 bits per heavy atom. The summed E-state index contributed by atoms with van der Waals surface area (Å²) in [6.45, 7) is 0.946. The van der Waals surface area contributed by atoms with Gasteiger partial charge in [-0.25, -0.2) is 0 Å². The highest BCUT2D eigenvalue weighted by atomic mass is 19.3. The normalized spacial score (nSPS) is 24.1. The van der Waals surface area contributed by atoms with Crippen molar-refractivity contribution in [1.29, 1.82) is 0 Å². The summed E-state index contributed by atoms with van der Waals surface area (Å²) in [5, 5.41) is 3.41. The summed E-state index contributed by atoms with van der Waals surface area (Å²) in [6, 6.07) is 7.88. The maximum Gasteiger partial charge on any atom is 0.387 e. The minimum Gasteiger partial charge on any atom is -0.434 e. The molecule has 1 aromatic rings. The fourth-order valence-corrected chi connectivity index (χ4v) is 2.46. The standard InChI is InChI=1S/C14H20F2N2O/c1-10-7-12(9-18(10)2)17-8-11-5-3-4-6-13(11)19-14(15)16/h3-6,10,12,14,17H,7-9H2,1-2H3. The van der Waals surface area contributed by atoms with Crippen molar-refractivity contribution in [1.82, 2.24) is 10.2 Å². The number of rotatable bonds is 5. The van der Waals surface area contributed by atoms with Crippen molar-refractivity contribution in [2.45, 2.75) is 38.6 Å². The van der Waals surface area contributed by atoms with Gasteiger partial charge in [0, 0.05) is 30.7 Å². The summed E-state index contributed by atoms with van der Waals surface area (Å²) in [7, 11) is 2.10. The molecule has 19 heavy (non-hydrogen) atoms. The van der Waals surface area contributed by atoms with Crippen LogP contribution >= 0.6 is 0 Å². The third-order valence-electron chi connectivity index (χ3n) is 3.66. The van der Waals surface area contributed by atoms with Gasteiger partial charge in [0.15, 0.2) is 0 Å². The van der Waals surface area contributed by atoms with Crippen molar-refractivity contribution in [3.8, 4) is 5.75 Å². The lowest BCUT2D eigenvalue weighted by molar-refractivity contribution is -0.0505. The first-order valence-corrected chi connectivity index (χ1v) is 6.52. The second-order valence-corrected chi connectivity index (χ2v) is 5.09. The first kappa shape index (κ1) is 14.2. The van der Waals surface area contributed by atoms with Crippen LogP contribution < -0.4 is 10.1 Å². The van der Waals surface area contributed by atoms with Crippen LogP contribution in [0.3, 0.4) is 0 Å². The van der Waals surface area contributed by atoms with E-state index in [9.17, 15) is 8.78 Å². The van der Waals surface area contributed by atoms with Crippen molar-refractivity contribution in [3.05, 3.63) is 29.8 Å². The van der Waals surface area contributed by atoms with Gasteiger partial charge in [-0.3, -0.25) is 0 Å². The fraction of sp³-hybridized carbons (Fsp3) is 0.571. The van der Waals surface area contributed by atoms with Gasteiger partial charge in [0.25, 0.3) is 0 Å². The quantitative estimate of drug-likeness (QED) is 0.889. The molecule has 0 aromatic heterocycles. The van der Waals surface area contributed by atoms with Crippen molar-refractivity contribution in [2.75, 3.05) is 13.6 Å². The number of para-hydroxylation sites is 1. The van der Waals surface area contributed by atoms with E-state index in [1.54, 1.807) is 12.1 Å². The number of nitrogens with one attached hydrogen (secondary N) is 1. The van der Waals surface area contributed by atoms with Crippen LogP contribution in [0.4, 0.5) is 8.78 Å². The first-order valence-electron chi connectivity index (χ1n) is 6.52. The van der Waals surface area contributed by atoms with E-state index < -0.39 is 6.61 Å². The molecule has 1 saturated heterocycles. The molecule has 0 aliphatic carbocycles. The Bertz CT molecular complexity index is 404. The molecule has 0 saturated carbocycles. The lowest BCUT2D eigenvalue weighted by atomic mass is 10.1. The molecule has 2 atom stereocenters. The molecule has 0 bridgehead atoms. The minimum absolute atomic E-state index is 0.254. The number of alkyl halides is 2. The predicted molar refractivity (Wildman–Crippen MR) is 70.4 cm³/mol. The third-order valence-corrected chi connectivity index (χ3v) is 3.66. The summed E-state index contributed by atoms with van der Waals surface area (Å²) in [5.41, 5.74) is 0.769. The van der Waals surface area contributed by atoms with E-state index in [1.165, 1.54) is 0 Å². The number of hydrogen-bond donors (Lipinski definition) is 1. The van der Waals surface area contributed by atoms with Crippen molar-refractivity contribution in [3.63, 3.8) is 0 Å². The van der Waals surface area contributed by atoms with Gasteiger partial charge in [0.05, 0.1) is 0 Å². The van der Waals surface area contributed by atoms with E-state index in [-0.39, 0.29) is 5.75 Å². The van der Waals surface area contributed by atoms with E-state index in [1.807, 2.05) is 12.1 Å². The molecule has 2 rings (SSSR count). The van der Waals surface area contributed by atoms with Gasteiger partial charge in [-0.15, -0.1) is 0 Å². The molecule has 1 aliphatic rings. The number of halogens is 2. The lowest BCUT2D eigenvalue weighted by Crippen LogP contribution is -2.31. The van der Waals surface area contributed by atoms with Crippen LogP contribution in [0.2, 0.25) is 0 Å². The fourth-order valence-electron chi connectivity index (χ4n) is 2.46. The molecule has 1 aromatic carbocycles. The molecule has 1 aliphatic heterocycles. The Morgan fingerprint density at radius 3 is 2.79 bits per heavy atom. The van der Waals surface area contributed by atoms with E-state index in [0.29, 0.717) is 18.6 Å². The molecule has 0 radical (unpaired) electrons. The van der Waals surface area contributed by atoms with Crippen LogP contribution in [0, 0.1) is 0 Å². The summed E-state index contributed by atoms with van der Waals surface area (Å²) in [5.74, 6) is 0.254. The minimum atomic E-state index is -2.78. The van der Waals surface area contributed by atoms with Gasteiger partial charge in [-0.05, 0) is 26.5 Å². The molecule has 1 fully saturated rings. The maximum atomic E-state index is 12.3. The van der Waals surface area contributed by atoms with Crippen LogP contribution in [0.1, 0.15) is 18.9 Å². The maximum absolute atomic E-state index is 12.3. The van der Waals surface area contributed by atoms with Gasteiger partial charge < -0.3 is 15.0 Å². The Morgan fingerprint density at radius 1 is 1.42 bits per heavy atom. The Balaban J connectivity index is 1.92. The smallest absolute Gasteiger partial charge is 0.387 e. The van der Waals surface area contributed by atoms with E-state index in [2.05, 4.69) is 28.9 Å². The summed E-state index contributed by atoms with van der Waals surface area (Å²) in [4.78, 5) is 2.29. The number of hydrogen-bond acceptors (Lipinski definition) is 3. The Kier molecular flexibility index (Phi) is 4.71. The van der Waals surface area contributed by atoms with Crippen LogP contribution in [-0.2, 0) is 6.54 Å². The SMILES string of the molecule is CC1CC(NCc2ccccc2OC(F)F)CN1C. The monoisotopic (exact) mass is 270 g/mol. The molecule has 1 N–H and O–H groups in total. The molecule has 3 nitrogen and oxygen atoms in total. The molecule has 106 valence electrons. The molecule has 5 heteroatoms. The number of likely N-dealkylation sites (tertiary alicyclic amines) is 1. The zero-order valence-electron chi connectivity index (χ0n) is 11.3. The number of ether oxygens (including phenoxy) is 1. The van der Waals surface area contributed by atoms with Crippen molar-refractivity contribution >= 4 is 0 Å². The van der Waals surface area contributed by atoms with E-state index in [0.717, 1.165) is 18.5 Å². The molecular weight excluding hydrogens is 250 g/mol. The second kappa shape index (κ2) is 6.30. The highest BCUT2D eigenvalue weighted by molar-refractivity contribution is 5.33. The van der Waals surface area contributed by atoms with Crippen LogP contribution in [0.15, 0.2) is 24.3 Å². The summed E-state index contributed by atoms with van der Waals surface area (Å²) in [6.07, 6.45) is 1.08. The van der Waals surface area contributed by atoms with Crippen molar-refractivity contribution < 1.29 is 13.5 Å².